The smallest absolute Gasteiger partial charge is 0.228 e. The van der Waals surface area contributed by atoms with E-state index >= 15 is 0 Å². The molecule has 1 aromatic heterocycles. The first-order valence-corrected chi connectivity index (χ1v) is 10.2. The maximum Gasteiger partial charge on any atom is 0.228 e. The molecule has 0 spiro atoms. The summed E-state index contributed by atoms with van der Waals surface area (Å²) in [6.45, 7) is 15.4. The fourth-order valence-electron chi connectivity index (χ4n) is 3.77. The third kappa shape index (κ3) is 4.18. The first kappa shape index (κ1) is 20.3. The molecule has 0 radical (unpaired) electrons. The summed E-state index contributed by atoms with van der Waals surface area (Å²) in [5.74, 6) is 2.03. The van der Waals surface area contributed by atoms with Crippen LogP contribution in [0.3, 0.4) is 0 Å². The van der Waals surface area contributed by atoms with Crippen molar-refractivity contribution >= 4 is 11.7 Å². The Hall–Kier alpha value is -2.43. The average molecular weight is 381 g/mol. The van der Waals surface area contributed by atoms with E-state index in [0.717, 1.165) is 55.5 Å². The third-order valence-electron chi connectivity index (χ3n) is 5.33. The molecule has 0 atom stereocenters. The Balaban J connectivity index is 1.88. The molecule has 1 amide bonds. The SMILES string of the molecule is CCc1c(C)nc(-c2cccc(C)c2)nc1N1CCN(C(=O)C(C)(C)C)CC1. The summed E-state index contributed by atoms with van der Waals surface area (Å²) in [6, 6.07) is 8.33. The molecule has 5 heteroatoms. The Bertz CT molecular complexity index is 861. The van der Waals surface area contributed by atoms with Crippen LogP contribution < -0.4 is 4.90 Å². The minimum atomic E-state index is -0.333. The lowest BCUT2D eigenvalue weighted by molar-refractivity contribution is -0.139. The topological polar surface area (TPSA) is 49.3 Å². The molecule has 1 aliphatic rings. The number of nitrogens with zero attached hydrogens (tertiary/aromatic N) is 4. The van der Waals surface area contributed by atoms with E-state index < -0.39 is 0 Å². The van der Waals surface area contributed by atoms with Crippen molar-refractivity contribution in [3.05, 3.63) is 41.1 Å². The van der Waals surface area contributed by atoms with Crippen molar-refractivity contribution in [2.24, 2.45) is 5.41 Å². The first-order chi connectivity index (χ1) is 13.2. The molecule has 1 fully saturated rings. The Morgan fingerprint density at radius 1 is 1.07 bits per heavy atom. The van der Waals surface area contributed by atoms with Crippen LogP contribution in [0.5, 0.6) is 0 Å². The Morgan fingerprint density at radius 2 is 1.75 bits per heavy atom. The van der Waals surface area contributed by atoms with E-state index in [1.807, 2.05) is 31.7 Å². The van der Waals surface area contributed by atoms with Crippen molar-refractivity contribution < 1.29 is 4.79 Å². The van der Waals surface area contributed by atoms with Crippen molar-refractivity contribution in [2.45, 2.75) is 48.0 Å². The fraction of sp³-hybridized carbons (Fsp3) is 0.522. The number of amides is 1. The zero-order valence-electron chi connectivity index (χ0n) is 18.0. The molecule has 1 aromatic carbocycles. The van der Waals surface area contributed by atoms with Gasteiger partial charge in [0.05, 0.1) is 0 Å². The summed E-state index contributed by atoms with van der Waals surface area (Å²) < 4.78 is 0. The van der Waals surface area contributed by atoms with Crippen LogP contribution in [-0.4, -0.2) is 47.0 Å². The number of aromatic nitrogens is 2. The monoisotopic (exact) mass is 380 g/mol. The van der Waals surface area contributed by atoms with Gasteiger partial charge >= 0.3 is 0 Å². The molecule has 1 saturated heterocycles. The Labute approximate surface area is 168 Å². The summed E-state index contributed by atoms with van der Waals surface area (Å²) in [6.07, 6.45) is 0.899. The van der Waals surface area contributed by atoms with Gasteiger partial charge in [-0.15, -0.1) is 0 Å². The molecule has 0 aliphatic carbocycles. The minimum Gasteiger partial charge on any atom is -0.353 e. The highest BCUT2D eigenvalue weighted by molar-refractivity contribution is 5.81. The first-order valence-electron chi connectivity index (χ1n) is 10.2. The molecular formula is C23H32N4O. The van der Waals surface area contributed by atoms with Crippen LogP contribution >= 0.6 is 0 Å². The van der Waals surface area contributed by atoms with Crippen molar-refractivity contribution in [2.75, 3.05) is 31.1 Å². The number of benzene rings is 1. The number of piperazine rings is 1. The molecule has 0 saturated carbocycles. The molecule has 2 heterocycles. The van der Waals surface area contributed by atoms with Crippen LogP contribution in [0.1, 0.15) is 44.5 Å². The number of carbonyl (C=O) groups is 1. The number of hydrogen-bond donors (Lipinski definition) is 0. The molecule has 0 bridgehead atoms. The quantitative estimate of drug-likeness (QED) is 0.807. The van der Waals surface area contributed by atoms with E-state index in [-0.39, 0.29) is 11.3 Å². The van der Waals surface area contributed by atoms with E-state index in [1.165, 1.54) is 11.1 Å². The van der Waals surface area contributed by atoms with E-state index in [2.05, 4.69) is 43.9 Å². The van der Waals surface area contributed by atoms with E-state index in [1.54, 1.807) is 0 Å². The zero-order chi connectivity index (χ0) is 20.5. The van der Waals surface area contributed by atoms with Crippen LogP contribution in [0.15, 0.2) is 24.3 Å². The fourth-order valence-corrected chi connectivity index (χ4v) is 3.77. The van der Waals surface area contributed by atoms with Crippen molar-refractivity contribution in [3.8, 4) is 11.4 Å². The predicted molar refractivity (Wildman–Crippen MR) is 115 cm³/mol. The van der Waals surface area contributed by atoms with E-state index in [4.69, 9.17) is 9.97 Å². The van der Waals surface area contributed by atoms with Gasteiger partial charge < -0.3 is 9.80 Å². The second-order valence-corrected chi connectivity index (χ2v) is 8.69. The van der Waals surface area contributed by atoms with Gasteiger partial charge in [-0.25, -0.2) is 9.97 Å². The summed E-state index contributed by atoms with van der Waals surface area (Å²) in [7, 11) is 0. The number of carbonyl (C=O) groups excluding carboxylic acids is 1. The summed E-state index contributed by atoms with van der Waals surface area (Å²) >= 11 is 0. The Morgan fingerprint density at radius 3 is 2.32 bits per heavy atom. The lowest BCUT2D eigenvalue weighted by atomic mass is 9.94. The number of aryl methyl sites for hydroxylation is 2. The lowest BCUT2D eigenvalue weighted by Gasteiger charge is -2.39. The van der Waals surface area contributed by atoms with Crippen molar-refractivity contribution in [1.82, 2.24) is 14.9 Å². The van der Waals surface area contributed by atoms with Gasteiger partial charge in [-0.2, -0.15) is 0 Å². The van der Waals surface area contributed by atoms with Crippen LogP contribution in [0.4, 0.5) is 5.82 Å². The maximum absolute atomic E-state index is 12.6. The molecule has 150 valence electrons. The predicted octanol–water partition coefficient (Wildman–Crippen LogP) is 4.02. The average Bonchev–Trinajstić information content (AvgIpc) is 2.66. The van der Waals surface area contributed by atoms with E-state index in [9.17, 15) is 4.79 Å². The van der Waals surface area contributed by atoms with Gasteiger partial charge in [0.25, 0.3) is 0 Å². The van der Waals surface area contributed by atoms with E-state index in [0.29, 0.717) is 0 Å². The number of rotatable bonds is 3. The summed E-state index contributed by atoms with van der Waals surface area (Å²) in [5.41, 5.74) is 4.16. The van der Waals surface area contributed by atoms with Gasteiger partial charge in [0.15, 0.2) is 5.82 Å². The highest BCUT2D eigenvalue weighted by Gasteiger charge is 2.30. The van der Waals surface area contributed by atoms with Crippen molar-refractivity contribution in [3.63, 3.8) is 0 Å². The van der Waals surface area contributed by atoms with Gasteiger partial charge in [-0.05, 0) is 26.3 Å². The normalized spacial score (nSPS) is 15.1. The second kappa shape index (κ2) is 7.90. The minimum absolute atomic E-state index is 0.224. The largest absolute Gasteiger partial charge is 0.353 e. The molecule has 28 heavy (non-hydrogen) atoms. The van der Waals surface area contributed by atoms with Crippen LogP contribution in [0, 0.1) is 19.3 Å². The highest BCUT2D eigenvalue weighted by atomic mass is 16.2. The number of hydrogen-bond acceptors (Lipinski definition) is 4. The van der Waals surface area contributed by atoms with Crippen molar-refractivity contribution in [1.29, 1.82) is 0 Å². The molecular weight excluding hydrogens is 348 g/mol. The van der Waals surface area contributed by atoms with Gasteiger partial charge in [0.1, 0.15) is 5.82 Å². The Kier molecular flexibility index (Phi) is 5.73. The highest BCUT2D eigenvalue weighted by Crippen LogP contribution is 2.27. The number of anilines is 1. The zero-order valence-corrected chi connectivity index (χ0v) is 18.0. The lowest BCUT2D eigenvalue weighted by Crippen LogP contribution is -2.52. The van der Waals surface area contributed by atoms with Crippen LogP contribution in [0.2, 0.25) is 0 Å². The van der Waals surface area contributed by atoms with Crippen LogP contribution in [0.25, 0.3) is 11.4 Å². The maximum atomic E-state index is 12.6. The molecule has 2 aromatic rings. The molecule has 3 rings (SSSR count). The summed E-state index contributed by atoms with van der Waals surface area (Å²) in [5, 5.41) is 0. The van der Waals surface area contributed by atoms with Gasteiger partial charge in [0, 0.05) is 48.4 Å². The standard InChI is InChI=1S/C23H32N4O/c1-7-19-17(3)24-20(18-10-8-9-16(2)15-18)25-21(19)26-11-13-27(14-12-26)22(28)23(4,5)6/h8-10,15H,7,11-14H2,1-6H3. The van der Waals surface area contributed by atoms with Gasteiger partial charge in [-0.3, -0.25) is 4.79 Å². The molecule has 0 unspecified atom stereocenters. The molecule has 5 nitrogen and oxygen atoms in total. The van der Waals surface area contributed by atoms with Crippen LogP contribution in [-0.2, 0) is 11.2 Å². The van der Waals surface area contributed by atoms with Gasteiger partial charge in [0.2, 0.25) is 5.91 Å². The summed E-state index contributed by atoms with van der Waals surface area (Å²) in [4.78, 5) is 26.6. The molecule has 0 N–H and O–H groups in total. The second-order valence-electron chi connectivity index (χ2n) is 8.69. The molecule has 1 aliphatic heterocycles. The third-order valence-corrected chi connectivity index (χ3v) is 5.33. The van der Waals surface area contributed by atoms with Gasteiger partial charge in [-0.1, -0.05) is 51.5 Å².